The Morgan fingerprint density at radius 3 is 2.50 bits per heavy atom. The van der Waals surface area contributed by atoms with Crippen molar-refractivity contribution in [3.8, 4) is 0 Å². The Balaban J connectivity index is 2.01. The molecular weight excluding hydrogens is 426 g/mol. The Hall–Kier alpha value is -3.54. The van der Waals surface area contributed by atoms with Gasteiger partial charge in [0.2, 0.25) is 0 Å². The largest absolute Gasteiger partial charge is 0.467 e. The Labute approximate surface area is 182 Å². The molecule has 6 atom stereocenters. The van der Waals surface area contributed by atoms with Crippen molar-refractivity contribution in [2.24, 2.45) is 10.2 Å². The number of amides is 1. The summed E-state index contributed by atoms with van der Waals surface area (Å²) in [5.41, 5.74) is 18.2. The third-order valence-electron chi connectivity index (χ3n) is 4.60. The average Bonchev–Trinajstić information content (AvgIpc) is 2.80. The molecule has 1 aromatic carbocycles. The summed E-state index contributed by atoms with van der Waals surface area (Å²) in [6, 6.07) is 5.36. The van der Waals surface area contributed by atoms with Crippen molar-refractivity contribution in [2.75, 3.05) is 13.7 Å². The van der Waals surface area contributed by atoms with E-state index in [2.05, 4.69) is 30.1 Å². The molecule has 1 amide bonds. The molecule has 172 valence electrons. The van der Waals surface area contributed by atoms with E-state index in [0.29, 0.717) is 0 Å². The fourth-order valence-corrected chi connectivity index (χ4v) is 2.96. The van der Waals surface area contributed by atoms with Crippen LogP contribution in [0, 0.1) is 0 Å². The lowest BCUT2D eigenvalue weighted by Crippen LogP contribution is -2.56. The zero-order valence-electron chi connectivity index (χ0n) is 17.3. The standard InChI is InChI=1S/C18H23N7O7/c1-10-13(22-24-19)15(26)14(23-25-20)17(32-10)30-9-12(16(27)29-2)21-18(28)31-8-11-6-4-3-5-7-11/h3-7,10,12-15,17,26H,8-9H2,1-2H3,(H,21,28)/t10-,12+,13-,14-,15+,17?/m1/s1. The molecule has 1 saturated heterocycles. The fraction of sp³-hybridized carbons (Fsp3) is 0.556. The van der Waals surface area contributed by atoms with Crippen LogP contribution in [-0.4, -0.2) is 67.5 Å². The van der Waals surface area contributed by atoms with E-state index in [1.54, 1.807) is 24.3 Å². The number of carbonyl (C=O) groups is 2. The van der Waals surface area contributed by atoms with Crippen LogP contribution in [0.15, 0.2) is 40.6 Å². The van der Waals surface area contributed by atoms with Gasteiger partial charge < -0.3 is 29.4 Å². The number of alkyl carbamates (subject to hydrolysis) is 1. The molecule has 1 aromatic rings. The molecule has 0 bridgehead atoms. The summed E-state index contributed by atoms with van der Waals surface area (Å²) in [4.78, 5) is 29.5. The predicted molar refractivity (Wildman–Crippen MR) is 108 cm³/mol. The Kier molecular flexibility index (Phi) is 9.54. The second-order valence-electron chi connectivity index (χ2n) is 6.71. The quantitative estimate of drug-likeness (QED) is 0.248. The summed E-state index contributed by atoms with van der Waals surface area (Å²) in [7, 11) is 1.13. The van der Waals surface area contributed by atoms with Gasteiger partial charge in [-0.3, -0.25) is 0 Å². The number of ether oxygens (including phenoxy) is 4. The van der Waals surface area contributed by atoms with Crippen LogP contribution in [0.4, 0.5) is 4.79 Å². The molecule has 0 saturated carbocycles. The molecular formula is C18H23N7O7. The van der Waals surface area contributed by atoms with Crippen molar-refractivity contribution in [3.05, 3.63) is 56.8 Å². The smallest absolute Gasteiger partial charge is 0.408 e. The first-order valence-corrected chi connectivity index (χ1v) is 9.49. The van der Waals surface area contributed by atoms with Crippen molar-refractivity contribution in [1.29, 1.82) is 0 Å². The molecule has 1 aliphatic rings. The van der Waals surface area contributed by atoms with Crippen LogP contribution in [0.5, 0.6) is 0 Å². The van der Waals surface area contributed by atoms with Crippen LogP contribution >= 0.6 is 0 Å². The first kappa shape index (κ1) is 24.7. The highest BCUT2D eigenvalue weighted by atomic mass is 16.7. The summed E-state index contributed by atoms with van der Waals surface area (Å²) in [6.45, 7) is 1.07. The summed E-state index contributed by atoms with van der Waals surface area (Å²) in [6.07, 6.45) is -4.34. The first-order valence-electron chi connectivity index (χ1n) is 9.49. The maximum Gasteiger partial charge on any atom is 0.408 e. The molecule has 1 aliphatic heterocycles. The van der Waals surface area contributed by atoms with Crippen molar-refractivity contribution < 1.29 is 33.6 Å². The van der Waals surface area contributed by atoms with E-state index < -0.39 is 55.3 Å². The molecule has 0 aromatic heterocycles. The molecule has 0 radical (unpaired) electrons. The van der Waals surface area contributed by atoms with Gasteiger partial charge in [0, 0.05) is 9.82 Å². The third-order valence-corrected chi connectivity index (χ3v) is 4.60. The van der Waals surface area contributed by atoms with Crippen molar-refractivity contribution in [1.82, 2.24) is 5.32 Å². The Bertz CT molecular complexity index is 874. The van der Waals surface area contributed by atoms with Crippen LogP contribution in [-0.2, 0) is 30.3 Å². The minimum absolute atomic E-state index is 0.0172. The van der Waals surface area contributed by atoms with Gasteiger partial charge in [-0.1, -0.05) is 40.6 Å². The zero-order valence-corrected chi connectivity index (χ0v) is 17.3. The summed E-state index contributed by atoms with van der Waals surface area (Å²) < 4.78 is 20.8. The van der Waals surface area contributed by atoms with E-state index in [1.165, 1.54) is 6.92 Å². The molecule has 14 nitrogen and oxygen atoms in total. The average molecular weight is 449 g/mol. The number of nitrogens with one attached hydrogen (secondary N) is 1. The highest BCUT2D eigenvalue weighted by Crippen LogP contribution is 2.27. The van der Waals surface area contributed by atoms with Gasteiger partial charge in [-0.15, -0.1) is 0 Å². The number of hydrogen-bond acceptors (Lipinski definition) is 9. The van der Waals surface area contributed by atoms with Gasteiger partial charge in [0.05, 0.1) is 32.0 Å². The van der Waals surface area contributed by atoms with Crippen LogP contribution in [0.1, 0.15) is 12.5 Å². The van der Waals surface area contributed by atoms with E-state index >= 15 is 0 Å². The van der Waals surface area contributed by atoms with Crippen molar-refractivity contribution in [3.63, 3.8) is 0 Å². The van der Waals surface area contributed by atoms with Crippen molar-refractivity contribution >= 4 is 12.1 Å². The number of methoxy groups -OCH3 is 1. The molecule has 14 heteroatoms. The minimum atomic E-state index is -1.39. The van der Waals surface area contributed by atoms with E-state index in [9.17, 15) is 14.7 Å². The number of rotatable bonds is 9. The molecule has 0 spiro atoms. The maximum atomic E-state index is 12.1. The van der Waals surface area contributed by atoms with Gasteiger partial charge in [-0.25, -0.2) is 9.59 Å². The Morgan fingerprint density at radius 1 is 1.22 bits per heavy atom. The second kappa shape index (κ2) is 12.3. The number of aliphatic hydroxyl groups is 1. The highest BCUT2D eigenvalue weighted by Gasteiger charge is 2.44. The van der Waals surface area contributed by atoms with E-state index in [1.807, 2.05) is 6.07 Å². The van der Waals surface area contributed by atoms with Crippen LogP contribution in [0.25, 0.3) is 20.9 Å². The number of azide groups is 2. The minimum Gasteiger partial charge on any atom is -0.467 e. The fourth-order valence-electron chi connectivity index (χ4n) is 2.96. The molecule has 0 aliphatic carbocycles. The maximum absolute atomic E-state index is 12.1. The monoisotopic (exact) mass is 449 g/mol. The van der Waals surface area contributed by atoms with Crippen LogP contribution in [0.2, 0.25) is 0 Å². The first-order chi connectivity index (χ1) is 15.4. The lowest BCUT2D eigenvalue weighted by molar-refractivity contribution is -0.229. The number of carbonyl (C=O) groups excluding carboxylic acids is 2. The lowest BCUT2D eigenvalue weighted by atomic mass is 9.96. The molecule has 1 fully saturated rings. The molecule has 2 N–H and O–H groups in total. The highest BCUT2D eigenvalue weighted by molar-refractivity contribution is 5.81. The van der Waals surface area contributed by atoms with E-state index in [-0.39, 0.29) is 6.61 Å². The van der Waals surface area contributed by atoms with E-state index in [4.69, 9.17) is 25.3 Å². The number of nitrogens with zero attached hydrogens (tertiary/aromatic N) is 6. The Morgan fingerprint density at radius 2 is 1.88 bits per heavy atom. The summed E-state index contributed by atoms with van der Waals surface area (Å²) in [5.74, 6) is -0.821. The van der Waals surface area contributed by atoms with Gasteiger partial charge in [-0.2, -0.15) is 0 Å². The third kappa shape index (κ3) is 6.74. The second-order valence-corrected chi connectivity index (χ2v) is 6.71. The number of aliphatic hydroxyl groups excluding tert-OH is 1. The number of esters is 1. The lowest BCUT2D eigenvalue weighted by Gasteiger charge is -2.40. The van der Waals surface area contributed by atoms with Gasteiger partial charge in [0.25, 0.3) is 0 Å². The molecule has 2 rings (SSSR count). The molecule has 1 heterocycles. The number of benzene rings is 1. The number of hydrogen-bond donors (Lipinski definition) is 2. The topological polar surface area (TPSA) is 201 Å². The SMILES string of the molecule is COC(=O)[C@H](COC1O[C@H](C)[C@@H](N=[N+]=[N-])[C@H](O)[C@H]1N=[N+]=[N-])NC(=O)OCc1ccccc1. The van der Waals surface area contributed by atoms with Gasteiger partial charge >= 0.3 is 12.1 Å². The van der Waals surface area contributed by atoms with E-state index in [0.717, 1.165) is 12.7 Å². The normalized spacial score (nSPS) is 25.4. The molecule has 1 unspecified atom stereocenters. The van der Waals surface area contributed by atoms with Crippen molar-refractivity contribution in [2.45, 2.75) is 50.2 Å². The zero-order chi connectivity index (χ0) is 23.5. The van der Waals surface area contributed by atoms with Crippen LogP contribution in [0.3, 0.4) is 0 Å². The summed E-state index contributed by atoms with van der Waals surface area (Å²) in [5, 5.41) is 19.6. The predicted octanol–water partition coefficient (Wildman–Crippen LogP) is 1.93. The molecule has 32 heavy (non-hydrogen) atoms. The summed E-state index contributed by atoms with van der Waals surface area (Å²) >= 11 is 0. The van der Waals surface area contributed by atoms with Gasteiger partial charge in [0.15, 0.2) is 12.3 Å². The van der Waals surface area contributed by atoms with Gasteiger partial charge in [-0.05, 0) is 23.5 Å². The van der Waals surface area contributed by atoms with Gasteiger partial charge in [0.1, 0.15) is 12.6 Å². The van der Waals surface area contributed by atoms with Crippen LogP contribution < -0.4 is 5.32 Å².